The predicted molar refractivity (Wildman–Crippen MR) is 125 cm³/mol. The van der Waals surface area contributed by atoms with E-state index in [1.807, 2.05) is 0 Å². The highest BCUT2D eigenvalue weighted by Crippen LogP contribution is 2.27. The molecule has 1 aliphatic rings. The number of nitro groups is 1. The summed E-state index contributed by atoms with van der Waals surface area (Å²) in [5.74, 6) is -0.416. The molecule has 0 spiro atoms. The zero-order valence-electron chi connectivity index (χ0n) is 18.0. The highest BCUT2D eigenvalue weighted by atomic mass is 32.2. The Labute approximate surface area is 192 Å². The van der Waals surface area contributed by atoms with Gasteiger partial charge in [-0.2, -0.15) is 4.31 Å². The van der Waals surface area contributed by atoms with Crippen LogP contribution in [0, 0.1) is 10.1 Å². The molecule has 2 aromatic carbocycles. The summed E-state index contributed by atoms with van der Waals surface area (Å²) in [6.45, 7) is 0.965. The Balaban J connectivity index is 1.62. The molecule has 0 saturated carbocycles. The zero-order valence-corrected chi connectivity index (χ0v) is 18.8. The average molecular weight is 478 g/mol. The van der Waals surface area contributed by atoms with E-state index in [1.54, 1.807) is 0 Å². The lowest BCUT2D eigenvalue weighted by atomic mass is 10.2. The molecule has 0 bridgehead atoms. The molecular formula is C21H27N5O6S. The van der Waals surface area contributed by atoms with Crippen LogP contribution in [0.4, 0.5) is 22.7 Å². The van der Waals surface area contributed by atoms with Gasteiger partial charge >= 0.3 is 0 Å². The SMILES string of the molecule is O=C(CNc1cc([N+](=O)[O-])ccc1NCCO)Nc1ccc(S(=O)(=O)N2CCCCC2)cc1. The van der Waals surface area contributed by atoms with Crippen LogP contribution in [0.15, 0.2) is 47.4 Å². The standard InChI is InChI=1S/C21H27N5O6S/c27-13-10-22-19-9-6-17(26(29)30)14-20(19)23-15-21(28)24-16-4-7-18(8-5-16)33(31,32)25-11-2-1-3-12-25/h4-9,14,22-23,27H,1-3,10-13,15H2,(H,24,28). The zero-order chi connectivity index (χ0) is 23.8. The van der Waals surface area contributed by atoms with Crippen molar-refractivity contribution in [2.45, 2.75) is 24.2 Å². The van der Waals surface area contributed by atoms with Crippen molar-refractivity contribution in [3.8, 4) is 0 Å². The summed E-state index contributed by atoms with van der Waals surface area (Å²) in [5, 5.41) is 28.5. The van der Waals surface area contributed by atoms with Crippen LogP contribution >= 0.6 is 0 Å². The average Bonchev–Trinajstić information content (AvgIpc) is 2.82. The molecule has 1 saturated heterocycles. The molecule has 0 aliphatic carbocycles. The van der Waals surface area contributed by atoms with Gasteiger partial charge in [0.2, 0.25) is 15.9 Å². The molecule has 1 aliphatic heterocycles. The van der Waals surface area contributed by atoms with E-state index in [2.05, 4.69) is 16.0 Å². The monoisotopic (exact) mass is 477 g/mol. The van der Waals surface area contributed by atoms with Gasteiger partial charge in [0.15, 0.2) is 0 Å². The maximum absolute atomic E-state index is 12.7. The minimum Gasteiger partial charge on any atom is -0.395 e. The Hall–Kier alpha value is -3.22. The fraction of sp³-hybridized carbons (Fsp3) is 0.381. The van der Waals surface area contributed by atoms with Crippen molar-refractivity contribution in [3.05, 3.63) is 52.6 Å². The number of aliphatic hydroxyl groups excluding tert-OH is 1. The van der Waals surface area contributed by atoms with Crippen molar-refractivity contribution >= 4 is 38.7 Å². The first-order valence-electron chi connectivity index (χ1n) is 10.6. The molecule has 1 amide bonds. The van der Waals surface area contributed by atoms with Crippen LogP contribution in [-0.4, -0.2) is 61.4 Å². The Morgan fingerprint density at radius 2 is 1.73 bits per heavy atom. The quantitative estimate of drug-likeness (QED) is 0.300. The van der Waals surface area contributed by atoms with Gasteiger partial charge < -0.3 is 21.1 Å². The molecule has 11 nitrogen and oxygen atoms in total. The van der Waals surface area contributed by atoms with Gasteiger partial charge in [0.25, 0.3) is 5.69 Å². The molecule has 33 heavy (non-hydrogen) atoms. The number of nitrogens with one attached hydrogen (secondary N) is 3. The topological polar surface area (TPSA) is 154 Å². The van der Waals surface area contributed by atoms with Gasteiger partial charge in [-0.3, -0.25) is 14.9 Å². The lowest BCUT2D eigenvalue weighted by Crippen LogP contribution is -2.35. The summed E-state index contributed by atoms with van der Waals surface area (Å²) in [7, 11) is -3.55. The van der Waals surface area contributed by atoms with Crippen molar-refractivity contribution in [3.63, 3.8) is 0 Å². The van der Waals surface area contributed by atoms with E-state index in [-0.39, 0.29) is 30.3 Å². The van der Waals surface area contributed by atoms with Gasteiger partial charge in [-0.25, -0.2) is 8.42 Å². The minimum atomic E-state index is -3.55. The fourth-order valence-corrected chi connectivity index (χ4v) is 5.00. The maximum Gasteiger partial charge on any atom is 0.271 e. The Morgan fingerprint density at radius 1 is 1.03 bits per heavy atom. The maximum atomic E-state index is 12.7. The van der Waals surface area contributed by atoms with Crippen LogP contribution in [0.2, 0.25) is 0 Å². The van der Waals surface area contributed by atoms with Crippen LogP contribution in [0.25, 0.3) is 0 Å². The van der Waals surface area contributed by atoms with E-state index < -0.39 is 20.9 Å². The summed E-state index contributed by atoms with van der Waals surface area (Å²) in [5.41, 5.74) is 1.14. The first kappa shape index (κ1) is 24.4. The number of anilines is 3. The summed E-state index contributed by atoms with van der Waals surface area (Å²) >= 11 is 0. The molecule has 12 heteroatoms. The highest BCUT2D eigenvalue weighted by Gasteiger charge is 2.25. The van der Waals surface area contributed by atoms with E-state index in [0.717, 1.165) is 19.3 Å². The van der Waals surface area contributed by atoms with Crippen molar-refractivity contribution in [2.75, 3.05) is 48.7 Å². The largest absolute Gasteiger partial charge is 0.395 e. The van der Waals surface area contributed by atoms with Crippen LogP contribution in [0.5, 0.6) is 0 Å². The van der Waals surface area contributed by atoms with Crippen molar-refractivity contribution in [1.82, 2.24) is 4.31 Å². The van der Waals surface area contributed by atoms with Crippen LogP contribution in [0.1, 0.15) is 19.3 Å². The fourth-order valence-electron chi connectivity index (χ4n) is 3.48. The number of hydrogen-bond acceptors (Lipinski definition) is 8. The molecule has 1 fully saturated rings. The third-order valence-electron chi connectivity index (χ3n) is 5.17. The van der Waals surface area contributed by atoms with Crippen LogP contribution in [-0.2, 0) is 14.8 Å². The number of aliphatic hydroxyl groups is 1. The number of nitrogens with zero attached hydrogens (tertiary/aromatic N) is 2. The second-order valence-electron chi connectivity index (χ2n) is 7.53. The third kappa shape index (κ3) is 6.40. The number of non-ortho nitro benzene ring substituents is 1. The second-order valence-corrected chi connectivity index (χ2v) is 9.47. The normalized spacial score (nSPS) is 14.5. The second kappa shape index (κ2) is 11.1. The number of carbonyl (C=O) groups excluding carboxylic acids is 1. The van der Waals surface area contributed by atoms with E-state index >= 15 is 0 Å². The van der Waals surface area contributed by atoms with Crippen molar-refractivity contribution in [1.29, 1.82) is 0 Å². The number of amides is 1. The number of benzene rings is 2. The molecule has 178 valence electrons. The molecule has 0 aromatic heterocycles. The number of nitro benzene ring substituents is 1. The lowest BCUT2D eigenvalue weighted by molar-refractivity contribution is -0.384. The third-order valence-corrected chi connectivity index (χ3v) is 7.08. The van der Waals surface area contributed by atoms with Gasteiger partial charge in [0.1, 0.15) is 0 Å². The van der Waals surface area contributed by atoms with Gasteiger partial charge in [0, 0.05) is 37.5 Å². The van der Waals surface area contributed by atoms with Crippen molar-refractivity contribution < 1.29 is 23.2 Å². The molecule has 1 heterocycles. The van der Waals surface area contributed by atoms with Crippen LogP contribution < -0.4 is 16.0 Å². The summed E-state index contributed by atoms with van der Waals surface area (Å²) < 4.78 is 26.9. The first-order chi connectivity index (χ1) is 15.8. The van der Waals surface area contributed by atoms with Gasteiger partial charge in [-0.05, 0) is 43.2 Å². The molecule has 3 rings (SSSR count). The molecule has 4 N–H and O–H groups in total. The summed E-state index contributed by atoms with van der Waals surface area (Å²) in [6.07, 6.45) is 2.73. The number of hydrogen-bond donors (Lipinski definition) is 4. The van der Waals surface area contributed by atoms with Crippen LogP contribution in [0.3, 0.4) is 0 Å². The Morgan fingerprint density at radius 3 is 2.36 bits per heavy atom. The minimum absolute atomic E-state index is 0.125. The highest BCUT2D eigenvalue weighted by molar-refractivity contribution is 7.89. The number of rotatable bonds is 10. The molecule has 0 unspecified atom stereocenters. The van der Waals surface area contributed by atoms with Gasteiger partial charge in [0.05, 0.1) is 34.3 Å². The Kier molecular flexibility index (Phi) is 8.20. The first-order valence-corrected chi connectivity index (χ1v) is 12.0. The van der Waals surface area contributed by atoms with E-state index in [1.165, 1.54) is 46.8 Å². The predicted octanol–water partition coefficient (Wildman–Crippen LogP) is 2.22. The number of sulfonamides is 1. The van der Waals surface area contributed by atoms with Gasteiger partial charge in [-0.15, -0.1) is 0 Å². The van der Waals surface area contributed by atoms with E-state index in [9.17, 15) is 23.3 Å². The number of carbonyl (C=O) groups is 1. The summed E-state index contributed by atoms with van der Waals surface area (Å²) in [4.78, 5) is 23.1. The van der Waals surface area contributed by atoms with E-state index in [4.69, 9.17) is 5.11 Å². The molecule has 0 radical (unpaired) electrons. The number of piperidine rings is 1. The molecule has 0 atom stereocenters. The lowest BCUT2D eigenvalue weighted by Gasteiger charge is -2.25. The molecular weight excluding hydrogens is 450 g/mol. The van der Waals surface area contributed by atoms with Gasteiger partial charge in [-0.1, -0.05) is 6.42 Å². The Bertz CT molecular complexity index is 1080. The van der Waals surface area contributed by atoms with E-state index in [0.29, 0.717) is 30.2 Å². The van der Waals surface area contributed by atoms with Crippen molar-refractivity contribution in [2.24, 2.45) is 0 Å². The summed E-state index contributed by atoms with van der Waals surface area (Å²) in [6, 6.07) is 10.1. The molecule has 2 aromatic rings. The smallest absolute Gasteiger partial charge is 0.271 e.